The number of ketones is 1. The molecule has 0 aliphatic rings. The summed E-state index contributed by atoms with van der Waals surface area (Å²) in [7, 11) is 0. The van der Waals surface area contributed by atoms with Crippen molar-refractivity contribution in [3.63, 3.8) is 0 Å². The fraction of sp³-hybridized carbons (Fsp3) is 0.421. The van der Waals surface area contributed by atoms with Crippen LogP contribution in [-0.2, 0) is 11.2 Å². The molecule has 0 saturated heterocycles. The highest BCUT2D eigenvalue weighted by molar-refractivity contribution is 5.88. The van der Waals surface area contributed by atoms with Crippen LogP contribution in [0.1, 0.15) is 39.7 Å². The molecule has 1 N–H and O–H groups in total. The average Bonchev–Trinajstić information content (AvgIpc) is 2.44. The van der Waals surface area contributed by atoms with Gasteiger partial charge in [-0.15, -0.1) is 0 Å². The lowest BCUT2D eigenvalue weighted by molar-refractivity contribution is -0.121. The minimum atomic E-state index is -0.124. The van der Waals surface area contributed by atoms with Crippen molar-refractivity contribution in [1.82, 2.24) is 5.32 Å². The Morgan fingerprint density at radius 2 is 1.76 bits per heavy atom. The summed E-state index contributed by atoms with van der Waals surface area (Å²) in [5.41, 5.74) is 1.16. The van der Waals surface area contributed by atoms with Crippen LogP contribution in [0.25, 0.3) is 10.8 Å². The van der Waals surface area contributed by atoms with Crippen LogP contribution >= 0.6 is 0 Å². The van der Waals surface area contributed by atoms with E-state index >= 15 is 0 Å². The third kappa shape index (κ3) is 4.15. The van der Waals surface area contributed by atoms with Gasteiger partial charge < -0.3 is 5.32 Å². The lowest BCUT2D eigenvalue weighted by Gasteiger charge is -2.28. The van der Waals surface area contributed by atoms with Crippen molar-refractivity contribution < 1.29 is 4.79 Å². The Morgan fingerprint density at radius 1 is 1.10 bits per heavy atom. The summed E-state index contributed by atoms with van der Waals surface area (Å²) in [5, 5.41) is 5.94. The molecule has 2 nitrogen and oxygen atoms in total. The zero-order valence-electron chi connectivity index (χ0n) is 13.4. The third-order valence-corrected chi connectivity index (χ3v) is 3.65. The summed E-state index contributed by atoms with van der Waals surface area (Å²) in [6, 6.07) is 14.5. The number of carbonyl (C=O) groups excluding carboxylic acids is 1. The lowest BCUT2D eigenvalue weighted by atomic mass is 9.94. The molecule has 0 aliphatic carbocycles. The van der Waals surface area contributed by atoms with Gasteiger partial charge in [0.2, 0.25) is 0 Å². The van der Waals surface area contributed by atoms with E-state index in [4.69, 9.17) is 0 Å². The second kappa shape index (κ2) is 6.40. The first-order valence-corrected chi connectivity index (χ1v) is 7.68. The first kappa shape index (κ1) is 15.7. The number of hydrogen-bond donors (Lipinski definition) is 1. The molecule has 0 heterocycles. The van der Waals surface area contributed by atoms with Gasteiger partial charge in [0.25, 0.3) is 0 Å². The minimum absolute atomic E-state index is 0.0694. The number of rotatable bonds is 5. The molecule has 0 saturated carbocycles. The van der Waals surface area contributed by atoms with Gasteiger partial charge >= 0.3 is 0 Å². The summed E-state index contributed by atoms with van der Waals surface area (Å²) >= 11 is 0. The van der Waals surface area contributed by atoms with Gasteiger partial charge in [-0.1, -0.05) is 49.4 Å². The summed E-state index contributed by atoms with van der Waals surface area (Å²) in [6.45, 7) is 8.24. The summed E-state index contributed by atoms with van der Waals surface area (Å²) in [4.78, 5) is 12.3. The standard InChI is InChI=1S/C19H25NO/c1-5-18(21)17(20-19(2,3)4)13-15-11-8-10-14-9-6-7-12-16(14)15/h6-12,17,20H,5,13H2,1-4H3/t17-/m1/s1. The molecular weight excluding hydrogens is 258 g/mol. The molecule has 0 aromatic heterocycles. The molecule has 112 valence electrons. The van der Waals surface area contributed by atoms with Crippen LogP contribution in [0.15, 0.2) is 42.5 Å². The Bertz CT molecular complexity index is 619. The first-order chi connectivity index (χ1) is 9.90. The molecular formula is C19H25NO. The predicted molar refractivity (Wildman–Crippen MR) is 89.6 cm³/mol. The quantitative estimate of drug-likeness (QED) is 0.894. The van der Waals surface area contributed by atoms with Gasteiger partial charge in [-0.2, -0.15) is 0 Å². The van der Waals surface area contributed by atoms with Crippen molar-refractivity contribution in [3.8, 4) is 0 Å². The molecule has 1 atom stereocenters. The van der Waals surface area contributed by atoms with Gasteiger partial charge in [-0.05, 0) is 43.5 Å². The van der Waals surface area contributed by atoms with Crippen LogP contribution in [0.3, 0.4) is 0 Å². The minimum Gasteiger partial charge on any atom is -0.302 e. The summed E-state index contributed by atoms with van der Waals surface area (Å²) in [6.07, 6.45) is 1.31. The number of Topliss-reactive ketones (excluding diaryl/α,β-unsaturated/α-hetero) is 1. The van der Waals surface area contributed by atoms with Gasteiger partial charge in [-0.3, -0.25) is 4.79 Å². The normalized spacial score (nSPS) is 13.3. The molecule has 2 heteroatoms. The second-order valence-corrected chi connectivity index (χ2v) is 6.61. The van der Waals surface area contributed by atoms with E-state index in [1.54, 1.807) is 0 Å². The number of fused-ring (bicyclic) bond motifs is 1. The fourth-order valence-electron chi connectivity index (χ4n) is 2.70. The van der Waals surface area contributed by atoms with E-state index < -0.39 is 0 Å². The van der Waals surface area contributed by atoms with Gasteiger partial charge in [0.05, 0.1) is 6.04 Å². The van der Waals surface area contributed by atoms with Crippen molar-refractivity contribution in [2.45, 2.75) is 52.1 Å². The van der Waals surface area contributed by atoms with Crippen LogP contribution in [-0.4, -0.2) is 17.4 Å². The largest absolute Gasteiger partial charge is 0.302 e. The number of carbonyl (C=O) groups is 1. The molecule has 2 rings (SSSR count). The van der Waals surface area contributed by atoms with Gasteiger partial charge in [-0.25, -0.2) is 0 Å². The maximum absolute atomic E-state index is 12.3. The molecule has 0 aliphatic heterocycles. The SMILES string of the molecule is CCC(=O)[C@@H](Cc1cccc2ccccc12)NC(C)(C)C. The molecule has 0 amide bonds. The van der Waals surface area contributed by atoms with E-state index in [1.807, 2.05) is 13.0 Å². The molecule has 2 aromatic rings. The summed E-state index contributed by atoms with van der Waals surface area (Å²) < 4.78 is 0. The number of hydrogen-bond acceptors (Lipinski definition) is 2. The lowest BCUT2D eigenvalue weighted by Crippen LogP contribution is -2.48. The van der Waals surface area contributed by atoms with E-state index in [9.17, 15) is 4.79 Å². The van der Waals surface area contributed by atoms with Gasteiger partial charge in [0, 0.05) is 12.0 Å². The van der Waals surface area contributed by atoms with Crippen LogP contribution in [0.4, 0.5) is 0 Å². The monoisotopic (exact) mass is 283 g/mol. The van der Waals surface area contributed by atoms with Gasteiger partial charge in [0.15, 0.2) is 0 Å². The Morgan fingerprint density at radius 3 is 2.43 bits per heavy atom. The molecule has 0 unspecified atom stereocenters. The highest BCUT2D eigenvalue weighted by atomic mass is 16.1. The summed E-state index contributed by atoms with van der Waals surface area (Å²) in [5.74, 6) is 0.276. The molecule has 21 heavy (non-hydrogen) atoms. The average molecular weight is 283 g/mol. The predicted octanol–water partition coefficient (Wildman–Crippen LogP) is 4.12. The second-order valence-electron chi connectivity index (χ2n) is 6.61. The fourth-order valence-corrected chi connectivity index (χ4v) is 2.70. The van der Waals surface area contributed by atoms with Crippen molar-refractivity contribution in [2.75, 3.05) is 0 Å². The van der Waals surface area contributed by atoms with E-state index in [1.165, 1.54) is 16.3 Å². The highest BCUT2D eigenvalue weighted by Gasteiger charge is 2.23. The highest BCUT2D eigenvalue weighted by Crippen LogP contribution is 2.21. The molecule has 2 aromatic carbocycles. The van der Waals surface area contributed by atoms with Crippen LogP contribution in [0.2, 0.25) is 0 Å². The van der Waals surface area contributed by atoms with E-state index in [-0.39, 0.29) is 17.4 Å². The van der Waals surface area contributed by atoms with Crippen molar-refractivity contribution in [2.24, 2.45) is 0 Å². The van der Waals surface area contributed by atoms with Crippen molar-refractivity contribution in [1.29, 1.82) is 0 Å². The molecule has 0 spiro atoms. The van der Waals surface area contributed by atoms with Crippen molar-refractivity contribution >= 4 is 16.6 Å². The van der Waals surface area contributed by atoms with Crippen LogP contribution < -0.4 is 5.32 Å². The Hall–Kier alpha value is -1.67. The van der Waals surface area contributed by atoms with Gasteiger partial charge in [0.1, 0.15) is 5.78 Å². The number of benzene rings is 2. The maximum Gasteiger partial charge on any atom is 0.149 e. The van der Waals surface area contributed by atoms with Crippen LogP contribution in [0, 0.1) is 0 Å². The molecule has 0 bridgehead atoms. The van der Waals surface area contributed by atoms with E-state index in [0.717, 1.165) is 6.42 Å². The van der Waals surface area contributed by atoms with Crippen molar-refractivity contribution in [3.05, 3.63) is 48.0 Å². The molecule has 0 fully saturated rings. The Balaban J connectivity index is 2.32. The van der Waals surface area contributed by atoms with Crippen LogP contribution in [0.5, 0.6) is 0 Å². The molecule has 0 radical (unpaired) electrons. The Kier molecular flexibility index (Phi) is 4.79. The smallest absolute Gasteiger partial charge is 0.149 e. The number of nitrogens with one attached hydrogen (secondary N) is 1. The Labute approximate surface area is 127 Å². The van der Waals surface area contributed by atoms with E-state index in [2.05, 4.69) is 62.5 Å². The first-order valence-electron chi connectivity index (χ1n) is 7.68. The third-order valence-electron chi connectivity index (χ3n) is 3.65. The zero-order valence-corrected chi connectivity index (χ0v) is 13.4. The maximum atomic E-state index is 12.3. The topological polar surface area (TPSA) is 29.1 Å². The van der Waals surface area contributed by atoms with E-state index in [0.29, 0.717) is 6.42 Å². The zero-order chi connectivity index (χ0) is 15.5.